The predicted octanol–water partition coefficient (Wildman–Crippen LogP) is 4.81. The molecule has 0 radical (unpaired) electrons. The largest absolute Gasteiger partial charge is 0.573 e. The molecule has 1 fully saturated rings. The Bertz CT molecular complexity index is 864. The molecular weight excluding hydrogens is 371 g/mol. The highest BCUT2D eigenvalue weighted by atomic mass is 19.4. The minimum Gasteiger partial charge on any atom is -0.504 e. The van der Waals surface area contributed by atoms with Gasteiger partial charge in [0.2, 0.25) is 0 Å². The van der Waals surface area contributed by atoms with Crippen molar-refractivity contribution in [3.63, 3.8) is 0 Å². The Balaban J connectivity index is 1.60. The summed E-state index contributed by atoms with van der Waals surface area (Å²) in [6, 6.07) is 10.0. The third-order valence-corrected chi connectivity index (χ3v) is 5.41. The van der Waals surface area contributed by atoms with Crippen LogP contribution >= 0.6 is 0 Å². The number of hydrogen-bond acceptors (Lipinski definition) is 4. The number of phenolic OH excluding ortho intramolecular Hbond substituents is 1. The topological polar surface area (TPSA) is 41.9 Å². The molecule has 0 bridgehead atoms. The highest BCUT2D eigenvalue weighted by molar-refractivity contribution is 5.49. The number of hydrogen-bond donors (Lipinski definition) is 1. The molecule has 2 aromatic rings. The summed E-state index contributed by atoms with van der Waals surface area (Å²) < 4.78 is 46.9. The van der Waals surface area contributed by atoms with Crippen LogP contribution in [0.1, 0.15) is 35.6 Å². The smallest absolute Gasteiger partial charge is 0.504 e. The van der Waals surface area contributed by atoms with Gasteiger partial charge in [-0.2, -0.15) is 0 Å². The summed E-state index contributed by atoms with van der Waals surface area (Å²) in [5.74, 6) is 0.910. The van der Waals surface area contributed by atoms with Crippen molar-refractivity contribution < 1.29 is 27.8 Å². The van der Waals surface area contributed by atoms with Crippen molar-refractivity contribution in [3.05, 3.63) is 53.1 Å². The Morgan fingerprint density at radius 3 is 2.64 bits per heavy atom. The quantitative estimate of drug-likeness (QED) is 0.792. The molecule has 1 aliphatic carbocycles. The fourth-order valence-electron chi connectivity index (χ4n) is 4.10. The van der Waals surface area contributed by atoms with E-state index in [2.05, 4.69) is 9.64 Å². The van der Waals surface area contributed by atoms with Gasteiger partial charge in [0.25, 0.3) is 0 Å². The van der Waals surface area contributed by atoms with Gasteiger partial charge in [0.1, 0.15) is 5.75 Å². The summed E-state index contributed by atoms with van der Waals surface area (Å²) in [6.45, 7) is 1.32. The Morgan fingerprint density at radius 2 is 1.96 bits per heavy atom. The van der Waals surface area contributed by atoms with Gasteiger partial charge < -0.3 is 14.6 Å². The second-order valence-electron chi connectivity index (χ2n) is 7.42. The van der Waals surface area contributed by atoms with Crippen LogP contribution in [0.5, 0.6) is 17.2 Å². The second kappa shape index (κ2) is 7.20. The van der Waals surface area contributed by atoms with Crippen LogP contribution in [-0.2, 0) is 13.0 Å². The maximum absolute atomic E-state index is 12.5. The predicted molar refractivity (Wildman–Crippen MR) is 97.4 cm³/mol. The van der Waals surface area contributed by atoms with Gasteiger partial charge in [0.05, 0.1) is 7.11 Å². The van der Waals surface area contributed by atoms with Gasteiger partial charge in [-0.3, -0.25) is 4.90 Å². The van der Waals surface area contributed by atoms with E-state index in [0.29, 0.717) is 18.2 Å². The molecule has 0 spiro atoms. The summed E-state index contributed by atoms with van der Waals surface area (Å²) in [5.41, 5.74) is 3.04. The summed E-state index contributed by atoms with van der Waals surface area (Å²) in [5, 5.41) is 10.1. The lowest BCUT2D eigenvalue weighted by molar-refractivity contribution is -0.274. The van der Waals surface area contributed by atoms with Gasteiger partial charge in [-0.15, -0.1) is 13.2 Å². The first kappa shape index (κ1) is 18.9. The number of ether oxygens (including phenoxy) is 2. The number of halogens is 3. The number of aromatic hydroxyl groups is 1. The van der Waals surface area contributed by atoms with Crippen molar-refractivity contribution in [1.82, 2.24) is 4.90 Å². The van der Waals surface area contributed by atoms with E-state index in [-0.39, 0.29) is 17.5 Å². The van der Waals surface area contributed by atoms with Crippen LogP contribution in [0.25, 0.3) is 0 Å². The minimum absolute atomic E-state index is 0.140. The molecule has 1 aliphatic heterocycles. The van der Waals surface area contributed by atoms with Crippen molar-refractivity contribution in [2.24, 2.45) is 5.92 Å². The molecule has 0 aromatic heterocycles. The third-order valence-electron chi connectivity index (χ3n) is 5.41. The van der Waals surface area contributed by atoms with E-state index in [1.165, 1.54) is 19.2 Å². The zero-order valence-electron chi connectivity index (χ0n) is 15.5. The van der Waals surface area contributed by atoms with Gasteiger partial charge in [-0.1, -0.05) is 12.1 Å². The molecule has 0 amide bonds. The Morgan fingerprint density at radius 1 is 1.18 bits per heavy atom. The normalized spacial score (nSPS) is 19.9. The third kappa shape index (κ3) is 4.04. The molecule has 7 heteroatoms. The van der Waals surface area contributed by atoms with E-state index in [4.69, 9.17) is 4.74 Å². The van der Waals surface area contributed by atoms with E-state index >= 15 is 0 Å². The van der Waals surface area contributed by atoms with Crippen LogP contribution in [0.15, 0.2) is 36.4 Å². The highest BCUT2D eigenvalue weighted by Crippen LogP contribution is 2.49. The number of fused-ring (bicyclic) bond motifs is 1. The Kier molecular flexibility index (Phi) is 4.87. The molecule has 1 atom stereocenters. The van der Waals surface area contributed by atoms with Gasteiger partial charge >= 0.3 is 6.36 Å². The molecular formula is C21H22F3NO3. The van der Waals surface area contributed by atoms with Crippen LogP contribution in [0, 0.1) is 5.92 Å². The van der Waals surface area contributed by atoms with Crippen molar-refractivity contribution in [1.29, 1.82) is 0 Å². The fourth-order valence-corrected chi connectivity index (χ4v) is 4.10. The molecule has 150 valence electrons. The number of alkyl halides is 3. The van der Waals surface area contributed by atoms with E-state index in [9.17, 15) is 18.3 Å². The number of phenols is 1. The van der Waals surface area contributed by atoms with Crippen LogP contribution in [-0.4, -0.2) is 30.0 Å². The number of benzene rings is 2. The van der Waals surface area contributed by atoms with Gasteiger partial charge in [-0.25, -0.2) is 0 Å². The molecule has 0 saturated heterocycles. The van der Waals surface area contributed by atoms with E-state index in [0.717, 1.165) is 42.5 Å². The average Bonchev–Trinajstić information content (AvgIpc) is 3.45. The lowest BCUT2D eigenvalue weighted by Crippen LogP contribution is -2.36. The van der Waals surface area contributed by atoms with E-state index < -0.39 is 6.36 Å². The summed E-state index contributed by atoms with van der Waals surface area (Å²) in [4.78, 5) is 2.31. The molecule has 4 nitrogen and oxygen atoms in total. The average molecular weight is 393 g/mol. The highest BCUT2D eigenvalue weighted by Gasteiger charge is 2.40. The molecule has 4 rings (SSSR count). The molecule has 1 unspecified atom stereocenters. The molecule has 1 N–H and O–H groups in total. The molecule has 2 aliphatic rings. The lowest BCUT2D eigenvalue weighted by Gasteiger charge is -2.38. The van der Waals surface area contributed by atoms with Crippen molar-refractivity contribution in [2.45, 2.75) is 38.2 Å². The van der Waals surface area contributed by atoms with Gasteiger partial charge in [-0.05, 0) is 66.1 Å². The summed E-state index contributed by atoms with van der Waals surface area (Å²) in [7, 11) is 1.53. The molecule has 1 saturated carbocycles. The Labute approximate surface area is 161 Å². The lowest BCUT2D eigenvalue weighted by atomic mass is 9.88. The summed E-state index contributed by atoms with van der Waals surface area (Å²) >= 11 is 0. The van der Waals surface area contributed by atoms with Crippen molar-refractivity contribution >= 4 is 0 Å². The SMILES string of the molecule is COc1cc2c(cc1O)CCN(Cc1cccc(OC(F)(F)F)c1)C2C1CC1. The first-order valence-corrected chi connectivity index (χ1v) is 9.32. The number of nitrogens with zero attached hydrogens (tertiary/aromatic N) is 1. The van der Waals surface area contributed by atoms with E-state index in [1.807, 2.05) is 12.1 Å². The van der Waals surface area contributed by atoms with E-state index in [1.54, 1.807) is 12.1 Å². The molecule has 28 heavy (non-hydrogen) atoms. The van der Waals surface area contributed by atoms with Crippen LogP contribution in [0.3, 0.4) is 0 Å². The summed E-state index contributed by atoms with van der Waals surface area (Å²) in [6.07, 6.45) is -1.67. The fraction of sp³-hybridized carbons (Fsp3) is 0.429. The first-order chi connectivity index (χ1) is 13.3. The van der Waals surface area contributed by atoms with Crippen molar-refractivity contribution in [2.75, 3.05) is 13.7 Å². The molecule has 2 aromatic carbocycles. The molecule has 1 heterocycles. The van der Waals surface area contributed by atoms with Crippen LogP contribution in [0.2, 0.25) is 0 Å². The van der Waals surface area contributed by atoms with Crippen molar-refractivity contribution in [3.8, 4) is 17.2 Å². The number of rotatable bonds is 5. The van der Waals surface area contributed by atoms with Gasteiger partial charge in [0.15, 0.2) is 11.5 Å². The standard InChI is InChI=1S/C21H22F3NO3/c1-27-19-11-17-15(10-18(19)26)7-8-25(20(17)14-5-6-14)12-13-3-2-4-16(9-13)28-21(22,23)24/h2-4,9-11,14,20,26H,5-8,12H2,1H3. The maximum Gasteiger partial charge on any atom is 0.573 e. The zero-order valence-corrected chi connectivity index (χ0v) is 15.5. The maximum atomic E-state index is 12.5. The second-order valence-corrected chi connectivity index (χ2v) is 7.42. The first-order valence-electron chi connectivity index (χ1n) is 9.32. The van der Waals surface area contributed by atoms with Crippen LogP contribution < -0.4 is 9.47 Å². The zero-order chi connectivity index (χ0) is 19.9. The minimum atomic E-state index is -4.70. The Hall–Kier alpha value is -2.41. The monoisotopic (exact) mass is 393 g/mol. The van der Waals surface area contributed by atoms with Gasteiger partial charge in [0, 0.05) is 19.1 Å². The van der Waals surface area contributed by atoms with Crippen LogP contribution in [0.4, 0.5) is 13.2 Å². The number of methoxy groups -OCH3 is 1.